The van der Waals surface area contributed by atoms with Crippen LogP contribution in [-0.4, -0.2) is 10.3 Å². The van der Waals surface area contributed by atoms with Crippen molar-refractivity contribution in [2.24, 2.45) is 32.7 Å². The van der Waals surface area contributed by atoms with E-state index < -0.39 is 22.7 Å². The minimum atomic E-state index is -1.92. The average molecular weight is 324 g/mol. The summed E-state index contributed by atoms with van der Waals surface area (Å²) in [6, 6.07) is 7.36. The van der Waals surface area contributed by atoms with Crippen molar-refractivity contribution in [1.82, 2.24) is 0 Å². The summed E-state index contributed by atoms with van der Waals surface area (Å²) in [5, 5.41) is 42.7. The van der Waals surface area contributed by atoms with Crippen molar-refractivity contribution >= 4 is 34.8 Å². The second-order valence-electron chi connectivity index (χ2n) is 4.68. The van der Waals surface area contributed by atoms with Crippen LogP contribution >= 0.6 is 24.4 Å². The fourth-order valence-corrected chi connectivity index (χ4v) is 2.93. The molecule has 0 amide bonds. The zero-order valence-electron chi connectivity index (χ0n) is 11.7. The van der Waals surface area contributed by atoms with Crippen LogP contribution in [-0.2, 0) is 0 Å². The van der Waals surface area contributed by atoms with Gasteiger partial charge in [0.15, 0.2) is 10.8 Å². The number of hydrogen-bond donors (Lipinski definition) is 0. The van der Waals surface area contributed by atoms with E-state index in [0.29, 0.717) is 0 Å². The van der Waals surface area contributed by atoms with Crippen LogP contribution in [0.2, 0.25) is 0 Å². The van der Waals surface area contributed by atoms with E-state index in [1.165, 1.54) is 13.8 Å². The van der Waals surface area contributed by atoms with E-state index in [1.807, 2.05) is 24.3 Å². The molecule has 0 saturated heterocycles. The number of allylic oxidation sites excluding steroid dienone is 2. The fourth-order valence-electron chi connectivity index (χ4n) is 2.73. The molecular formula is C14H8N6S2. The molecule has 0 aliphatic heterocycles. The van der Waals surface area contributed by atoms with Crippen LogP contribution in [0.1, 0.15) is 13.8 Å². The lowest BCUT2D eigenvalue weighted by atomic mass is 9.51. The van der Waals surface area contributed by atoms with Gasteiger partial charge in [-0.15, -0.1) is 0 Å². The molecule has 0 aromatic heterocycles. The molecular weight excluding hydrogens is 316 g/mol. The maximum Gasteiger partial charge on any atom is 0.184 e. The molecule has 1 aliphatic rings. The zero-order valence-corrected chi connectivity index (χ0v) is 13.3. The summed E-state index contributed by atoms with van der Waals surface area (Å²) < 4.78 is 0. The molecule has 0 radical (unpaired) electrons. The molecule has 0 N–H and O–H groups in total. The first-order chi connectivity index (χ1) is 10.5. The van der Waals surface area contributed by atoms with Gasteiger partial charge < -0.3 is 0 Å². The number of isothiocyanates is 2. The Morgan fingerprint density at radius 3 is 1.23 bits per heavy atom. The number of aliphatic imine (C=N–C) groups is 2. The summed E-state index contributed by atoms with van der Waals surface area (Å²) in [6.07, 6.45) is 0. The molecule has 0 fully saturated rings. The van der Waals surface area contributed by atoms with Crippen LogP contribution in [0.5, 0.6) is 0 Å². The van der Waals surface area contributed by atoms with Crippen LogP contribution in [0.4, 0.5) is 0 Å². The van der Waals surface area contributed by atoms with Crippen molar-refractivity contribution in [1.29, 1.82) is 21.0 Å². The number of nitrogens with zero attached hydrogens (tertiary/aromatic N) is 6. The Balaban J connectivity index is 4.05. The van der Waals surface area contributed by atoms with Gasteiger partial charge in [-0.2, -0.15) is 31.0 Å². The van der Waals surface area contributed by atoms with E-state index in [0.717, 1.165) is 0 Å². The minimum Gasteiger partial charge on any atom is -0.197 e. The number of hydrogen-bond acceptors (Lipinski definition) is 8. The van der Waals surface area contributed by atoms with Gasteiger partial charge in [0.1, 0.15) is 0 Å². The smallest absolute Gasteiger partial charge is 0.184 e. The standard InChI is InChI=1S/C14H8N6S2/c1-9-11(19-7-21)12(20-8-22)10(2)14(5-17,6-18)13(9,3-15)4-16/h9-10H,1-2H3/t9-,10-/m0/s1. The van der Waals surface area contributed by atoms with Crippen molar-refractivity contribution in [3.8, 4) is 24.3 Å². The molecule has 22 heavy (non-hydrogen) atoms. The molecule has 0 heterocycles. The van der Waals surface area contributed by atoms with Crippen LogP contribution < -0.4 is 0 Å². The highest BCUT2D eigenvalue weighted by Crippen LogP contribution is 2.57. The largest absolute Gasteiger partial charge is 0.197 e. The first-order valence-corrected chi connectivity index (χ1v) is 6.82. The summed E-state index contributed by atoms with van der Waals surface area (Å²) >= 11 is 9.18. The molecule has 0 aromatic rings. The Bertz CT molecular complexity index is 704. The van der Waals surface area contributed by atoms with E-state index in [2.05, 4.69) is 44.7 Å². The van der Waals surface area contributed by atoms with Crippen molar-refractivity contribution in [2.45, 2.75) is 13.8 Å². The molecule has 2 atom stereocenters. The number of thiocarbonyl (C=S) groups is 2. The quantitative estimate of drug-likeness (QED) is 0.569. The fraction of sp³-hybridized carbons (Fsp3) is 0.429. The topological polar surface area (TPSA) is 120 Å². The highest BCUT2D eigenvalue weighted by Gasteiger charge is 2.65. The Labute approximate surface area is 138 Å². The molecule has 8 heteroatoms. The molecule has 0 unspecified atom stereocenters. The van der Waals surface area contributed by atoms with Gasteiger partial charge in [0.2, 0.25) is 0 Å². The minimum absolute atomic E-state index is 0.212. The third-order valence-electron chi connectivity index (χ3n) is 4.04. The lowest BCUT2D eigenvalue weighted by Crippen LogP contribution is -2.51. The van der Waals surface area contributed by atoms with Gasteiger partial charge >= 0.3 is 0 Å². The van der Waals surface area contributed by atoms with E-state index in [4.69, 9.17) is 0 Å². The summed E-state index contributed by atoms with van der Waals surface area (Å²) in [5.74, 6) is -1.76. The predicted molar refractivity (Wildman–Crippen MR) is 82.7 cm³/mol. The van der Waals surface area contributed by atoms with Crippen LogP contribution in [0.15, 0.2) is 21.4 Å². The maximum absolute atomic E-state index is 9.58. The maximum atomic E-state index is 9.58. The number of rotatable bonds is 2. The first-order valence-electron chi connectivity index (χ1n) is 6.01. The van der Waals surface area contributed by atoms with E-state index in [9.17, 15) is 21.0 Å². The van der Waals surface area contributed by atoms with Crippen LogP contribution in [0.3, 0.4) is 0 Å². The monoisotopic (exact) mass is 324 g/mol. The zero-order chi connectivity index (χ0) is 17.0. The third kappa shape index (κ3) is 1.97. The normalized spacial score (nSPS) is 24.3. The lowest BCUT2D eigenvalue weighted by Gasteiger charge is -2.43. The van der Waals surface area contributed by atoms with E-state index >= 15 is 0 Å². The summed E-state index contributed by atoms with van der Waals surface area (Å²) in [4.78, 5) is 7.77. The molecule has 0 aromatic carbocycles. The molecule has 1 aliphatic carbocycles. The van der Waals surface area contributed by atoms with Gasteiger partial charge in [0.05, 0.1) is 46.0 Å². The second-order valence-corrected chi connectivity index (χ2v) is 5.05. The van der Waals surface area contributed by atoms with E-state index in [-0.39, 0.29) is 11.4 Å². The number of nitriles is 4. The Kier molecular flexibility index (Phi) is 5.03. The van der Waals surface area contributed by atoms with Crippen LogP contribution in [0.25, 0.3) is 0 Å². The Hall–Kier alpha value is -2.70. The summed E-state index contributed by atoms with van der Waals surface area (Å²) in [6.45, 7) is 3.04. The SMILES string of the molecule is C[C@H]1C(N=C=S)=C(N=C=S)[C@H](C)C(C#N)(C#N)C1(C#N)C#N. The Morgan fingerprint density at radius 2 is 1.05 bits per heavy atom. The lowest BCUT2D eigenvalue weighted by molar-refractivity contribution is 0.153. The molecule has 106 valence electrons. The summed E-state index contributed by atoms with van der Waals surface area (Å²) in [5.41, 5.74) is -3.41. The molecule has 6 nitrogen and oxygen atoms in total. The van der Waals surface area contributed by atoms with Crippen molar-refractivity contribution < 1.29 is 0 Å². The van der Waals surface area contributed by atoms with Gasteiger partial charge in [0, 0.05) is 11.8 Å². The highest BCUT2D eigenvalue weighted by molar-refractivity contribution is 7.78. The summed E-state index contributed by atoms with van der Waals surface area (Å²) in [7, 11) is 0. The van der Waals surface area contributed by atoms with Gasteiger partial charge in [-0.1, -0.05) is 13.8 Å². The molecule has 0 bridgehead atoms. The van der Waals surface area contributed by atoms with Gasteiger partial charge in [0.25, 0.3) is 0 Å². The van der Waals surface area contributed by atoms with Gasteiger partial charge in [-0.05, 0) is 24.4 Å². The Morgan fingerprint density at radius 1 is 0.773 bits per heavy atom. The van der Waals surface area contributed by atoms with Crippen molar-refractivity contribution in [3.63, 3.8) is 0 Å². The average Bonchev–Trinajstić information content (AvgIpc) is 2.54. The highest BCUT2D eigenvalue weighted by atomic mass is 32.1. The van der Waals surface area contributed by atoms with Crippen LogP contribution in [0, 0.1) is 68.0 Å². The molecule has 1 rings (SSSR count). The first kappa shape index (κ1) is 17.4. The van der Waals surface area contributed by atoms with Crippen molar-refractivity contribution in [2.75, 3.05) is 0 Å². The van der Waals surface area contributed by atoms with Crippen molar-refractivity contribution in [3.05, 3.63) is 11.4 Å². The second kappa shape index (κ2) is 6.38. The predicted octanol–water partition coefficient (Wildman–Crippen LogP) is 2.76. The molecule has 0 spiro atoms. The van der Waals surface area contributed by atoms with E-state index in [1.54, 1.807) is 0 Å². The third-order valence-corrected chi connectivity index (χ3v) is 4.22. The molecule has 0 saturated carbocycles. The van der Waals surface area contributed by atoms with Gasteiger partial charge in [-0.25, -0.2) is 0 Å². The van der Waals surface area contributed by atoms with Gasteiger partial charge in [-0.3, -0.25) is 0 Å².